The first kappa shape index (κ1) is 28.3. The van der Waals surface area contributed by atoms with E-state index in [1.54, 1.807) is 0 Å². The van der Waals surface area contributed by atoms with Gasteiger partial charge in [0.1, 0.15) is 11.9 Å². The summed E-state index contributed by atoms with van der Waals surface area (Å²) in [5, 5.41) is 0.965. The van der Waals surface area contributed by atoms with Crippen molar-refractivity contribution in [1.29, 1.82) is 0 Å². The summed E-state index contributed by atoms with van der Waals surface area (Å²) in [6.07, 6.45) is -0.277. The molecule has 0 N–H and O–H groups in total. The van der Waals surface area contributed by atoms with Gasteiger partial charge in [0.25, 0.3) is 0 Å². The fourth-order valence-electron chi connectivity index (χ4n) is 4.88. The normalized spacial score (nSPS) is 11.2. The lowest BCUT2D eigenvalue weighted by molar-refractivity contribution is -0.0151. The van der Waals surface area contributed by atoms with Gasteiger partial charge in [0.2, 0.25) is 0 Å². The molecule has 4 aromatic carbocycles. The van der Waals surface area contributed by atoms with Gasteiger partial charge in [-0.1, -0.05) is 78.9 Å². The summed E-state index contributed by atoms with van der Waals surface area (Å²) < 4.78 is 18.6. The predicted octanol–water partition coefficient (Wildman–Crippen LogP) is 7.93. The monoisotopic (exact) mass is 546 g/mol. The lowest BCUT2D eigenvalue weighted by atomic mass is 10.1. The van der Waals surface area contributed by atoms with E-state index in [1.165, 1.54) is 5.69 Å². The molecule has 1 heterocycles. The van der Waals surface area contributed by atoms with Gasteiger partial charge < -0.3 is 19.1 Å². The highest BCUT2D eigenvalue weighted by Gasteiger charge is 2.15. The molecule has 0 aliphatic carbocycles. The molecule has 5 nitrogen and oxygen atoms in total. The van der Waals surface area contributed by atoms with Crippen LogP contribution in [0.15, 0.2) is 115 Å². The van der Waals surface area contributed by atoms with Crippen LogP contribution >= 0.6 is 0 Å². The Morgan fingerprint density at radius 3 is 1.83 bits per heavy atom. The van der Waals surface area contributed by atoms with Gasteiger partial charge in [-0.3, -0.25) is 0 Å². The number of benzene rings is 4. The molecule has 210 valence electrons. The molecule has 0 fully saturated rings. The number of aromatic nitrogens is 1. The van der Waals surface area contributed by atoms with E-state index < -0.39 is 0 Å². The van der Waals surface area contributed by atoms with Crippen LogP contribution in [0.25, 0.3) is 22.2 Å². The highest BCUT2D eigenvalue weighted by molar-refractivity contribution is 5.87. The number of ether oxygens (including phenoxy) is 3. The maximum atomic E-state index is 6.52. The average Bonchev–Trinajstić information content (AvgIpc) is 3.03. The third-order valence-corrected chi connectivity index (χ3v) is 7.11. The number of pyridine rings is 1. The van der Waals surface area contributed by atoms with E-state index in [0.717, 1.165) is 52.1 Å². The van der Waals surface area contributed by atoms with Crippen molar-refractivity contribution in [2.24, 2.45) is 0 Å². The molecule has 0 aliphatic rings. The van der Waals surface area contributed by atoms with Gasteiger partial charge in [-0.2, -0.15) is 0 Å². The van der Waals surface area contributed by atoms with Crippen molar-refractivity contribution in [1.82, 2.24) is 4.98 Å². The van der Waals surface area contributed by atoms with Gasteiger partial charge in [-0.25, -0.2) is 4.98 Å². The van der Waals surface area contributed by atoms with Crippen LogP contribution in [-0.2, 0) is 22.7 Å². The Bertz CT molecular complexity index is 1440. The van der Waals surface area contributed by atoms with Gasteiger partial charge in [-0.05, 0) is 61.4 Å². The Kier molecular flexibility index (Phi) is 9.99. The Balaban J connectivity index is 1.30. The van der Waals surface area contributed by atoms with Crippen LogP contribution in [0, 0.1) is 0 Å². The summed E-state index contributed by atoms with van der Waals surface area (Å²) >= 11 is 0. The summed E-state index contributed by atoms with van der Waals surface area (Å²) in [6, 6.07) is 39.1. The van der Waals surface area contributed by atoms with E-state index in [9.17, 15) is 0 Å². The third-order valence-electron chi connectivity index (χ3n) is 7.11. The fourth-order valence-corrected chi connectivity index (χ4v) is 4.88. The molecule has 5 heteroatoms. The van der Waals surface area contributed by atoms with E-state index in [1.807, 2.05) is 54.6 Å². The van der Waals surface area contributed by atoms with Crippen molar-refractivity contribution in [3.8, 4) is 17.0 Å². The minimum Gasteiger partial charge on any atom is -0.485 e. The van der Waals surface area contributed by atoms with Crippen LogP contribution in [-0.4, -0.2) is 37.4 Å². The largest absolute Gasteiger partial charge is 0.485 e. The number of rotatable bonds is 14. The second kappa shape index (κ2) is 14.4. The molecule has 0 amide bonds. The molecular formula is C36H38N2O3. The lowest BCUT2D eigenvalue weighted by Crippen LogP contribution is -2.28. The minimum absolute atomic E-state index is 0.277. The molecule has 0 radical (unpaired) electrons. The van der Waals surface area contributed by atoms with E-state index >= 15 is 0 Å². The topological polar surface area (TPSA) is 43.8 Å². The summed E-state index contributed by atoms with van der Waals surface area (Å²) in [4.78, 5) is 7.31. The SMILES string of the molecule is CCN(CC)c1ccc(-c2ccc3c(OC(COCc4ccccc4)COCc4ccccc4)cccc3n2)cc1. The zero-order valence-electron chi connectivity index (χ0n) is 23.9. The molecule has 0 saturated heterocycles. The summed E-state index contributed by atoms with van der Waals surface area (Å²) in [7, 11) is 0. The molecule has 41 heavy (non-hydrogen) atoms. The molecular weight excluding hydrogens is 508 g/mol. The summed E-state index contributed by atoms with van der Waals surface area (Å²) in [5.41, 5.74) is 6.41. The second-order valence-corrected chi connectivity index (χ2v) is 9.98. The van der Waals surface area contributed by atoms with E-state index in [2.05, 4.69) is 79.4 Å². The van der Waals surface area contributed by atoms with Crippen LogP contribution in [0.3, 0.4) is 0 Å². The predicted molar refractivity (Wildman–Crippen MR) is 167 cm³/mol. The zero-order valence-corrected chi connectivity index (χ0v) is 23.9. The summed E-state index contributed by atoms with van der Waals surface area (Å²) in [6.45, 7) is 8.19. The molecule has 0 atom stereocenters. The molecule has 0 spiro atoms. The van der Waals surface area contributed by atoms with E-state index in [-0.39, 0.29) is 6.10 Å². The molecule has 0 saturated carbocycles. The fraction of sp³-hybridized carbons (Fsp3) is 0.250. The molecule has 5 rings (SSSR count). The minimum atomic E-state index is -0.277. The quantitative estimate of drug-likeness (QED) is 0.142. The van der Waals surface area contributed by atoms with Crippen LogP contribution in [0.5, 0.6) is 5.75 Å². The van der Waals surface area contributed by atoms with Crippen molar-refractivity contribution >= 4 is 16.6 Å². The van der Waals surface area contributed by atoms with E-state index in [0.29, 0.717) is 26.4 Å². The van der Waals surface area contributed by atoms with Gasteiger partial charge in [-0.15, -0.1) is 0 Å². The second-order valence-electron chi connectivity index (χ2n) is 9.98. The average molecular weight is 547 g/mol. The summed E-state index contributed by atoms with van der Waals surface area (Å²) in [5.74, 6) is 0.773. The van der Waals surface area contributed by atoms with Crippen molar-refractivity contribution in [2.75, 3.05) is 31.2 Å². The van der Waals surface area contributed by atoms with Gasteiger partial charge in [0.15, 0.2) is 0 Å². The van der Waals surface area contributed by atoms with Crippen molar-refractivity contribution in [2.45, 2.75) is 33.2 Å². The first-order valence-electron chi connectivity index (χ1n) is 14.4. The Labute approximate surface area is 243 Å². The highest BCUT2D eigenvalue weighted by Crippen LogP contribution is 2.29. The molecule has 5 aromatic rings. The maximum absolute atomic E-state index is 6.52. The number of fused-ring (bicyclic) bond motifs is 1. The van der Waals surface area contributed by atoms with Gasteiger partial charge in [0, 0.05) is 29.7 Å². The van der Waals surface area contributed by atoms with Crippen molar-refractivity contribution < 1.29 is 14.2 Å². The molecule has 0 aliphatic heterocycles. The number of hydrogen-bond donors (Lipinski definition) is 0. The zero-order chi connectivity index (χ0) is 28.3. The van der Waals surface area contributed by atoms with Crippen LogP contribution < -0.4 is 9.64 Å². The third kappa shape index (κ3) is 7.72. The molecule has 0 bridgehead atoms. The highest BCUT2D eigenvalue weighted by atomic mass is 16.6. The van der Waals surface area contributed by atoms with Crippen LogP contribution in [0.1, 0.15) is 25.0 Å². The maximum Gasteiger partial charge on any atom is 0.145 e. The van der Waals surface area contributed by atoms with Crippen LogP contribution in [0.2, 0.25) is 0 Å². The van der Waals surface area contributed by atoms with Crippen LogP contribution in [0.4, 0.5) is 5.69 Å². The van der Waals surface area contributed by atoms with Crippen molar-refractivity contribution in [3.63, 3.8) is 0 Å². The molecule has 1 aromatic heterocycles. The number of hydrogen-bond acceptors (Lipinski definition) is 5. The smallest absolute Gasteiger partial charge is 0.145 e. The Hall–Kier alpha value is -4.19. The first-order chi connectivity index (χ1) is 20.2. The Morgan fingerprint density at radius 1 is 0.634 bits per heavy atom. The Morgan fingerprint density at radius 2 is 1.24 bits per heavy atom. The first-order valence-corrected chi connectivity index (χ1v) is 14.4. The number of nitrogens with zero attached hydrogens (tertiary/aromatic N) is 2. The standard InChI is InChI=1S/C36H38N2O3/c1-3-38(4-2)31-20-18-30(19-21-31)34-23-22-33-35(37-34)16-11-17-36(33)41-32(26-39-24-28-12-7-5-8-13-28)27-40-25-29-14-9-6-10-15-29/h5-23,32H,3-4,24-27H2,1-2H3. The van der Waals surface area contributed by atoms with E-state index in [4.69, 9.17) is 19.2 Å². The van der Waals surface area contributed by atoms with Gasteiger partial charge in [0.05, 0.1) is 37.6 Å². The lowest BCUT2D eigenvalue weighted by Gasteiger charge is -2.21. The molecule has 0 unspecified atom stereocenters. The number of anilines is 1. The van der Waals surface area contributed by atoms with Gasteiger partial charge >= 0.3 is 0 Å². The van der Waals surface area contributed by atoms with Crippen molar-refractivity contribution in [3.05, 3.63) is 126 Å².